The van der Waals surface area contributed by atoms with Gasteiger partial charge in [-0.15, -0.1) is 0 Å². The Bertz CT molecular complexity index is 1240. The highest BCUT2D eigenvalue weighted by Crippen LogP contribution is 2.64. The predicted octanol–water partition coefficient (Wildman–Crippen LogP) is 5.41. The van der Waals surface area contributed by atoms with Crippen molar-refractivity contribution in [1.29, 1.82) is 0 Å². The molecule has 2 rings (SSSR count). The third kappa shape index (κ3) is 4.81. The van der Waals surface area contributed by atoms with E-state index in [-0.39, 0.29) is 11.8 Å². The Balaban J connectivity index is 0.000000592. The SMILES string of the molecule is O=C1NC(=O)c2ccccc21.O=S(=O)(O)C(F)(F)C(F)(F)C(F)(F)C(F)(F)C(F)(F)C(F)(F)C(F)(F)C(F)(F)F. The van der Waals surface area contributed by atoms with E-state index in [1.54, 1.807) is 24.3 Å². The molecule has 0 saturated carbocycles. The molecular formula is C16H6F17NO5S. The van der Waals surface area contributed by atoms with Crippen LogP contribution in [0.1, 0.15) is 20.7 Å². The van der Waals surface area contributed by atoms with E-state index in [1.807, 2.05) is 0 Å². The summed E-state index contributed by atoms with van der Waals surface area (Å²) in [5.41, 5.74) is 0.940. The minimum absolute atomic E-state index is 0.300. The lowest BCUT2D eigenvalue weighted by atomic mass is 9.91. The van der Waals surface area contributed by atoms with E-state index in [0.29, 0.717) is 11.1 Å². The summed E-state index contributed by atoms with van der Waals surface area (Å²) in [6, 6.07) is 6.74. The van der Waals surface area contributed by atoms with Crippen LogP contribution in [-0.2, 0) is 10.1 Å². The van der Waals surface area contributed by atoms with Gasteiger partial charge in [-0.25, -0.2) is 0 Å². The van der Waals surface area contributed by atoms with Gasteiger partial charge in [0.1, 0.15) is 0 Å². The molecule has 40 heavy (non-hydrogen) atoms. The zero-order chi connectivity index (χ0) is 32.3. The fraction of sp³-hybridized carbons (Fsp3) is 0.500. The Morgan fingerprint density at radius 2 is 0.800 bits per heavy atom. The molecule has 6 nitrogen and oxygen atoms in total. The molecular weight excluding hydrogens is 641 g/mol. The molecule has 0 spiro atoms. The zero-order valence-electron chi connectivity index (χ0n) is 17.7. The number of alkyl halides is 17. The third-order valence-electron chi connectivity index (χ3n) is 4.66. The second-order valence-corrected chi connectivity index (χ2v) is 8.73. The van der Waals surface area contributed by atoms with Gasteiger partial charge in [0.05, 0.1) is 11.1 Å². The van der Waals surface area contributed by atoms with Gasteiger partial charge in [-0.1, -0.05) is 12.1 Å². The molecule has 1 aliphatic rings. The highest BCUT2D eigenvalue weighted by Gasteiger charge is 2.96. The molecule has 0 bridgehead atoms. The number of halogens is 17. The van der Waals surface area contributed by atoms with Gasteiger partial charge in [0.25, 0.3) is 11.8 Å². The van der Waals surface area contributed by atoms with Crippen LogP contribution in [0.4, 0.5) is 74.6 Å². The van der Waals surface area contributed by atoms with Crippen molar-refractivity contribution in [2.45, 2.75) is 47.0 Å². The molecule has 0 atom stereocenters. The molecule has 24 heteroatoms. The van der Waals surface area contributed by atoms with Crippen molar-refractivity contribution in [2.75, 3.05) is 0 Å². The molecule has 230 valence electrons. The number of benzene rings is 1. The summed E-state index contributed by atoms with van der Waals surface area (Å²) in [5.74, 6) is -52.6. The number of hydrogen-bond acceptors (Lipinski definition) is 4. The van der Waals surface area contributed by atoms with E-state index in [9.17, 15) is 92.6 Å². The summed E-state index contributed by atoms with van der Waals surface area (Å²) in [6.07, 6.45) is -7.88. The van der Waals surface area contributed by atoms with Crippen LogP contribution in [0, 0.1) is 0 Å². The van der Waals surface area contributed by atoms with Crippen LogP contribution in [0.5, 0.6) is 0 Å². The number of fused-ring (bicyclic) bond motifs is 1. The molecule has 0 saturated heterocycles. The second-order valence-electron chi connectivity index (χ2n) is 7.26. The number of hydrogen-bond donors (Lipinski definition) is 2. The molecule has 1 aromatic rings. The lowest BCUT2D eigenvalue weighted by Crippen LogP contribution is -2.74. The molecule has 1 aliphatic heterocycles. The Morgan fingerprint density at radius 1 is 0.525 bits per heavy atom. The van der Waals surface area contributed by atoms with Crippen LogP contribution < -0.4 is 5.32 Å². The fourth-order valence-electron chi connectivity index (χ4n) is 2.43. The van der Waals surface area contributed by atoms with Crippen LogP contribution in [0.25, 0.3) is 0 Å². The van der Waals surface area contributed by atoms with E-state index in [0.717, 1.165) is 0 Å². The summed E-state index contributed by atoms with van der Waals surface area (Å²) in [7, 11) is -7.89. The van der Waals surface area contributed by atoms with Gasteiger partial charge in [-0.3, -0.25) is 19.5 Å². The normalized spacial score (nSPS) is 16.2. The van der Waals surface area contributed by atoms with E-state index in [1.165, 1.54) is 0 Å². The van der Waals surface area contributed by atoms with Gasteiger partial charge in [0.15, 0.2) is 0 Å². The summed E-state index contributed by atoms with van der Waals surface area (Å²) < 4.78 is 242. The molecule has 1 aromatic carbocycles. The van der Waals surface area contributed by atoms with Gasteiger partial charge in [-0.2, -0.15) is 83.1 Å². The van der Waals surface area contributed by atoms with E-state index in [2.05, 4.69) is 5.32 Å². The Hall–Kier alpha value is -2.92. The fourth-order valence-corrected chi connectivity index (χ4v) is 2.88. The highest BCUT2D eigenvalue weighted by atomic mass is 32.2. The predicted molar refractivity (Wildman–Crippen MR) is 90.5 cm³/mol. The van der Waals surface area contributed by atoms with E-state index >= 15 is 0 Å². The standard InChI is InChI=1S/C8HF17O3S.C8H5NO2/c9-1(10,3(13,14)5(17,18)7(21,22)23)2(11,12)4(15,16)6(19,20)8(24,25)29(26,27)28;10-7-5-3-1-2-4-6(5)8(11)9-7/h(H,26,27,28);1-4H,(H,9,10,11). The van der Waals surface area contributed by atoms with Crippen molar-refractivity contribution in [2.24, 2.45) is 0 Å². The van der Waals surface area contributed by atoms with Gasteiger partial charge in [-0.05, 0) is 12.1 Å². The zero-order valence-corrected chi connectivity index (χ0v) is 18.5. The molecule has 0 aliphatic carbocycles. The molecule has 0 unspecified atom stereocenters. The van der Waals surface area contributed by atoms with Crippen molar-refractivity contribution in [1.82, 2.24) is 5.32 Å². The first kappa shape index (κ1) is 35.1. The van der Waals surface area contributed by atoms with Crippen molar-refractivity contribution >= 4 is 21.9 Å². The maximum absolute atomic E-state index is 13.0. The van der Waals surface area contributed by atoms with Crippen LogP contribution >= 0.6 is 0 Å². The molecule has 0 radical (unpaired) electrons. The van der Waals surface area contributed by atoms with Crippen molar-refractivity contribution < 1.29 is 97.2 Å². The Morgan fingerprint density at radius 3 is 1.07 bits per heavy atom. The first-order valence-electron chi connectivity index (χ1n) is 8.92. The summed E-state index contributed by atoms with van der Waals surface area (Å²) in [4.78, 5) is 21.9. The van der Waals surface area contributed by atoms with Crippen LogP contribution in [0.2, 0.25) is 0 Å². The first-order valence-corrected chi connectivity index (χ1v) is 10.4. The Kier molecular flexibility index (Phi) is 8.41. The minimum Gasteiger partial charge on any atom is -0.288 e. The summed E-state index contributed by atoms with van der Waals surface area (Å²) >= 11 is 0. The van der Waals surface area contributed by atoms with Crippen LogP contribution in [-0.4, -0.2) is 71.8 Å². The van der Waals surface area contributed by atoms with Crippen LogP contribution in [0.3, 0.4) is 0 Å². The lowest BCUT2D eigenvalue weighted by molar-refractivity contribution is -0.458. The van der Waals surface area contributed by atoms with Crippen molar-refractivity contribution in [3.05, 3.63) is 35.4 Å². The summed E-state index contributed by atoms with van der Waals surface area (Å²) in [5, 5.41) is -5.64. The number of nitrogens with one attached hydrogen (secondary N) is 1. The smallest absolute Gasteiger partial charge is 0.288 e. The first-order chi connectivity index (χ1) is 17.3. The maximum Gasteiger partial charge on any atom is 0.460 e. The topological polar surface area (TPSA) is 101 Å². The quantitative estimate of drug-likeness (QED) is 0.234. The van der Waals surface area contributed by atoms with Gasteiger partial charge in [0, 0.05) is 0 Å². The molecule has 0 fully saturated rings. The van der Waals surface area contributed by atoms with Crippen molar-refractivity contribution in [3.8, 4) is 0 Å². The van der Waals surface area contributed by atoms with Gasteiger partial charge in [0.2, 0.25) is 0 Å². The van der Waals surface area contributed by atoms with Crippen LogP contribution in [0.15, 0.2) is 24.3 Å². The molecule has 1 heterocycles. The molecule has 2 N–H and O–H groups in total. The lowest BCUT2D eigenvalue weighted by Gasteiger charge is -2.42. The maximum atomic E-state index is 13.0. The average Bonchev–Trinajstić information content (AvgIpc) is 3.05. The number of carbonyl (C=O) groups is 2. The number of imide groups is 1. The molecule has 0 aromatic heterocycles. The second kappa shape index (κ2) is 9.58. The third-order valence-corrected chi connectivity index (χ3v) is 5.56. The largest absolute Gasteiger partial charge is 0.460 e. The monoisotopic (exact) mass is 647 g/mol. The Labute approximate surface area is 207 Å². The van der Waals surface area contributed by atoms with E-state index < -0.39 is 57.1 Å². The van der Waals surface area contributed by atoms with Gasteiger partial charge < -0.3 is 0 Å². The highest BCUT2D eigenvalue weighted by molar-refractivity contribution is 7.87. The minimum atomic E-state index is -8.89. The number of rotatable bonds is 7. The van der Waals surface area contributed by atoms with E-state index in [4.69, 9.17) is 4.55 Å². The average molecular weight is 647 g/mol. The number of amides is 2. The summed E-state index contributed by atoms with van der Waals surface area (Å²) in [6.45, 7) is 0. The number of carbonyl (C=O) groups excluding carboxylic acids is 2. The van der Waals surface area contributed by atoms with Gasteiger partial charge >= 0.3 is 57.1 Å². The van der Waals surface area contributed by atoms with Crippen molar-refractivity contribution in [3.63, 3.8) is 0 Å². The molecule has 2 amide bonds.